The first-order chi connectivity index (χ1) is 6.57. The summed E-state index contributed by atoms with van der Waals surface area (Å²) in [5.41, 5.74) is 1.58. The Morgan fingerprint density at radius 2 is 2.21 bits per heavy atom. The zero-order valence-electron chi connectivity index (χ0n) is 7.63. The molecule has 0 spiro atoms. The van der Waals surface area contributed by atoms with Gasteiger partial charge in [0.2, 0.25) is 0 Å². The average Bonchev–Trinajstić information content (AvgIpc) is 2.16. The predicted molar refractivity (Wildman–Crippen MR) is 62.5 cm³/mol. The van der Waals surface area contributed by atoms with Gasteiger partial charge in [-0.25, -0.2) is 0 Å². The van der Waals surface area contributed by atoms with Crippen LogP contribution in [0.3, 0.4) is 0 Å². The van der Waals surface area contributed by atoms with E-state index in [0.29, 0.717) is 10.8 Å². The number of carbonyl (C=O) groups is 1. The van der Waals surface area contributed by atoms with Crippen LogP contribution >= 0.6 is 35.8 Å². The highest BCUT2D eigenvalue weighted by Crippen LogP contribution is 2.31. The summed E-state index contributed by atoms with van der Waals surface area (Å²) in [5.74, 6) is 0.236. The molecule has 1 nitrogen and oxygen atoms in total. The number of hydrogen-bond donors (Lipinski definition) is 1. The first-order valence-electron chi connectivity index (χ1n) is 4.09. The van der Waals surface area contributed by atoms with E-state index in [-0.39, 0.29) is 5.78 Å². The van der Waals surface area contributed by atoms with E-state index >= 15 is 0 Å². The molecule has 76 valence electrons. The van der Waals surface area contributed by atoms with Crippen molar-refractivity contribution >= 4 is 41.6 Å². The summed E-state index contributed by atoms with van der Waals surface area (Å²) in [4.78, 5) is 11.9. The van der Waals surface area contributed by atoms with Gasteiger partial charge < -0.3 is 0 Å². The molecular formula is C10H10Cl2OS. The molecule has 0 N–H and O–H groups in total. The van der Waals surface area contributed by atoms with Gasteiger partial charge in [0.15, 0.2) is 5.78 Å². The molecule has 0 saturated carbocycles. The van der Waals surface area contributed by atoms with Crippen molar-refractivity contribution in [1.29, 1.82) is 0 Å². The predicted octanol–water partition coefficient (Wildman–Crippen LogP) is 3.58. The lowest BCUT2D eigenvalue weighted by Gasteiger charge is -2.13. The van der Waals surface area contributed by atoms with Crippen LogP contribution in [-0.4, -0.2) is 5.78 Å². The highest BCUT2D eigenvalue weighted by Gasteiger charge is 2.18. The Hall–Kier alpha value is -0.180. The summed E-state index contributed by atoms with van der Waals surface area (Å²) >= 11 is 16.0. The number of benzene rings is 1. The molecular weight excluding hydrogens is 239 g/mol. The molecule has 4 heteroatoms. The number of ketones is 1. The zero-order chi connectivity index (χ0) is 10.7. The highest BCUT2D eigenvalue weighted by molar-refractivity contribution is 7.80. The molecule has 0 heterocycles. The average molecular weight is 249 g/mol. The van der Waals surface area contributed by atoms with Crippen LogP contribution in [-0.2, 0) is 10.7 Å². The number of alkyl halides is 2. The summed E-state index contributed by atoms with van der Waals surface area (Å²) in [6.07, 6.45) is 0. The third-order valence-corrected chi connectivity index (χ3v) is 3.13. The van der Waals surface area contributed by atoms with Crippen molar-refractivity contribution in [3.63, 3.8) is 0 Å². The van der Waals surface area contributed by atoms with Crippen molar-refractivity contribution in [3.8, 4) is 0 Å². The number of carbonyl (C=O) groups excluding carboxylic acids is 1. The third-order valence-electron chi connectivity index (χ3n) is 1.93. The Morgan fingerprint density at radius 3 is 2.71 bits per heavy atom. The third kappa shape index (κ3) is 2.44. The van der Waals surface area contributed by atoms with Crippen molar-refractivity contribution < 1.29 is 4.79 Å². The van der Waals surface area contributed by atoms with Crippen LogP contribution in [0.5, 0.6) is 0 Å². The Kier molecular flexibility index (Phi) is 4.30. The first-order valence-corrected chi connectivity index (χ1v) is 5.51. The van der Waals surface area contributed by atoms with E-state index in [1.807, 2.05) is 12.1 Å². The molecule has 1 atom stereocenters. The maximum absolute atomic E-state index is 11.2. The van der Waals surface area contributed by atoms with Crippen molar-refractivity contribution in [2.75, 3.05) is 0 Å². The molecule has 0 radical (unpaired) electrons. The molecule has 0 bridgehead atoms. The smallest absolute Gasteiger partial charge is 0.152 e. The number of Topliss-reactive ketones (excluding diaryl/α,β-unsaturated/α-hetero) is 1. The number of hydrogen-bond acceptors (Lipinski definition) is 2. The maximum Gasteiger partial charge on any atom is 0.152 e. The van der Waals surface area contributed by atoms with Crippen LogP contribution in [0.15, 0.2) is 23.1 Å². The van der Waals surface area contributed by atoms with E-state index < -0.39 is 5.38 Å². The Balaban J connectivity index is 3.23. The molecule has 0 aliphatic rings. The molecule has 1 rings (SSSR count). The maximum atomic E-state index is 11.2. The second kappa shape index (κ2) is 5.06. The fraction of sp³-hybridized carbons (Fsp3) is 0.300. The summed E-state index contributed by atoms with van der Waals surface area (Å²) in [6, 6.07) is 5.49. The molecule has 1 unspecified atom stereocenters. The van der Waals surface area contributed by atoms with Gasteiger partial charge >= 0.3 is 0 Å². The van der Waals surface area contributed by atoms with Gasteiger partial charge in [0.1, 0.15) is 5.38 Å². The highest BCUT2D eigenvalue weighted by atomic mass is 35.5. The number of halogens is 2. The Labute approximate surface area is 98.8 Å². The monoisotopic (exact) mass is 248 g/mol. The lowest BCUT2D eigenvalue weighted by Crippen LogP contribution is -2.05. The zero-order valence-corrected chi connectivity index (χ0v) is 10.0. The van der Waals surface area contributed by atoms with E-state index in [1.165, 1.54) is 6.92 Å². The standard InChI is InChI=1S/C10H10Cl2OS/c1-6(13)10(12)9-7(5-11)3-2-4-8(9)14/h2-4,10,14H,5H2,1H3. The lowest BCUT2D eigenvalue weighted by atomic mass is 10.0. The summed E-state index contributed by atoms with van der Waals surface area (Å²) < 4.78 is 0. The molecule has 0 aliphatic carbocycles. The quantitative estimate of drug-likeness (QED) is 0.640. The van der Waals surface area contributed by atoms with Crippen LogP contribution in [0.4, 0.5) is 0 Å². The Bertz CT molecular complexity index is 352. The second-order valence-corrected chi connectivity index (χ2v) is 4.14. The van der Waals surface area contributed by atoms with Gasteiger partial charge in [-0.2, -0.15) is 0 Å². The molecule has 0 fully saturated rings. The van der Waals surface area contributed by atoms with Crippen LogP contribution in [0.1, 0.15) is 23.4 Å². The summed E-state index contributed by atoms with van der Waals surface area (Å²) in [5, 5.41) is -0.655. The minimum absolute atomic E-state index is 0.0977. The van der Waals surface area contributed by atoms with Gasteiger partial charge in [0.05, 0.1) is 0 Å². The Morgan fingerprint density at radius 1 is 1.57 bits per heavy atom. The topological polar surface area (TPSA) is 17.1 Å². The van der Waals surface area contributed by atoms with Crippen molar-refractivity contribution in [3.05, 3.63) is 29.3 Å². The van der Waals surface area contributed by atoms with Crippen molar-refractivity contribution in [2.24, 2.45) is 0 Å². The van der Waals surface area contributed by atoms with Gasteiger partial charge in [-0.15, -0.1) is 35.8 Å². The number of thiol groups is 1. The van der Waals surface area contributed by atoms with Crippen molar-refractivity contribution in [1.82, 2.24) is 0 Å². The van der Waals surface area contributed by atoms with Crippen LogP contribution in [0.25, 0.3) is 0 Å². The van der Waals surface area contributed by atoms with E-state index in [9.17, 15) is 4.79 Å². The van der Waals surface area contributed by atoms with Gasteiger partial charge in [-0.3, -0.25) is 4.79 Å². The molecule has 1 aromatic carbocycles. The van der Waals surface area contributed by atoms with Crippen LogP contribution in [0.2, 0.25) is 0 Å². The molecule has 0 saturated heterocycles. The normalized spacial score (nSPS) is 12.6. The summed E-state index contributed by atoms with van der Waals surface area (Å²) in [7, 11) is 0. The van der Waals surface area contributed by atoms with Gasteiger partial charge in [0.25, 0.3) is 0 Å². The lowest BCUT2D eigenvalue weighted by molar-refractivity contribution is -0.116. The SMILES string of the molecule is CC(=O)C(Cl)c1c(S)cccc1CCl. The second-order valence-electron chi connectivity index (χ2n) is 2.96. The van der Waals surface area contributed by atoms with Crippen LogP contribution in [0, 0.1) is 0 Å². The minimum atomic E-state index is -0.655. The molecule has 0 amide bonds. The fourth-order valence-electron chi connectivity index (χ4n) is 1.21. The van der Waals surface area contributed by atoms with E-state index in [2.05, 4.69) is 12.6 Å². The molecule has 0 aromatic heterocycles. The van der Waals surface area contributed by atoms with E-state index in [4.69, 9.17) is 23.2 Å². The first kappa shape index (κ1) is 11.9. The van der Waals surface area contributed by atoms with E-state index in [1.54, 1.807) is 6.07 Å². The molecule has 1 aromatic rings. The molecule has 14 heavy (non-hydrogen) atoms. The van der Waals surface area contributed by atoms with Gasteiger partial charge in [0, 0.05) is 10.8 Å². The van der Waals surface area contributed by atoms with Gasteiger partial charge in [-0.05, 0) is 24.1 Å². The minimum Gasteiger partial charge on any atom is -0.298 e. The number of rotatable bonds is 3. The fourth-order valence-corrected chi connectivity index (χ4v) is 2.14. The van der Waals surface area contributed by atoms with E-state index in [0.717, 1.165) is 11.1 Å². The van der Waals surface area contributed by atoms with Crippen molar-refractivity contribution in [2.45, 2.75) is 23.1 Å². The van der Waals surface area contributed by atoms with Gasteiger partial charge in [-0.1, -0.05) is 12.1 Å². The molecule has 0 aliphatic heterocycles. The largest absolute Gasteiger partial charge is 0.298 e. The summed E-state index contributed by atoms with van der Waals surface area (Å²) in [6.45, 7) is 1.45. The van der Waals surface area contributed by atoms with Crippen LogP contribution < -0.4 is 0 Å².